The molecule has 0 spiro atoms. The van der Waals surface area contributed by atoms with E-state index in [0.29, 0.717) is 21.3 Å². The number of carbonyl (C=O) groups excluding carboxylic acids is 4. The molecule has 0 saturated carbocycles. The van der Waals surface area contributed by atoms with Crippen molar-refractivity contribution < 1.29 is 72.1 Å². The molecular formula is C30H29N12NaO10S3. The number of H-pyrrole nitrogens is 1. The number of benzene rings is 2. The van der Waals surface area contributed by atoms with Crippen molar-refractivity contribution in [2.45, 2.75) is 27.2 Å². The van der Waals surface area contributed by atoms with Crippen molar-refractivity contribution in [2.24, 2.45) is 17.9 Å². The number of aryl methyl sites for hydroxylation is 1. The van der Waals surface area contributed by atoms with E-state index in [2.05, 4.69) is 36.1 Å². The summed E-state index contributed by atoms with van der Waals surface area (Å²) in [7, 11) is -1.24. The molecule has 3 atom stereocenters. The van der Waals surface area contributed by atoms with Gasteiger partial charge >= 0.3 is 35.6 Å². The topological polar surface area (TPSA) is 327 Å². The first-order valence-corrected chi connectivity index (χ1v) is 19.1. The van der Waals surface area contributed by atoms with E-state index in [1.807, 2.05) is 0 Å². The number of aromatic hydroxyl groups is 1. The number of nitrogens with zero attached hydrogens (tertiary/aromatic N) is 7. The number of β-lactam (4-membered cyclic amide) rings is 1. The minimum atomic E-state index is -3.96. The molecule has 1 saturated heterocycles. The monoisotopic (exact) mass is 836 g/mol. The maximum absolute atomic E-state index is 14.4. The smallest absolute Gasteiger partial charge is 0.543 e. The van der Waals surface area contributed by atoms with Crippen molar-refractivity contribution in [2.75, 3.05) is 28.8 Å². The van der Waals surface area contributed by atoms with Crippen LogP contribution in [0.1, 0.15) is 11.6 Å². The van der Waals surface area contributed by atoms with Crippen LogP contribution in [0.15, 0.2) is 80.8 Å². The van der Waals surface area contributed by atoms with Crippen LogP contribution in [0.2, 0.25) is 0 Å². The van der Waals surface area contributed by atoms with Gasteiger partial charge in [0.1, 0.15) is 22.9 Å². The Hall–Kier alpha value is -5.02. The summed E-state index contributed by atoms with van der Waals surface area (Å²) in [6, 6.07) is 7.02. The first-order chi connectivity index (χ1) is 26.0. The molecule has 0 bridgehead atoms. The first kappa shape index (κ1) is 42.1. The van der Waals surface area contributed by atoms with Gasteiger partial charge in [-0.2, -0.15) is 0 Å². The minimum Gasteiger partial charge on any atom is -0.543 e. The first-order valence-electron chi connectivity index (χ1n) is 15.5. The molecule has 0 aliphatic carbocycles. The number of carboxylic acids is 1. The van der Waals surface area contributed by atoms with Crippen molar-refractivity contribution in [3.63, 3.8) is 0 Å². The van der Waals surface area contributed by atoms with E-state index in [0.717, 1.165) is 41.7 Å². The summed E-state index contributed by atoms with van der Waals surface area (Å²) in [4.78, 5) is 75.1. The van der Waals surface area contributed by atoms with Gasteiger partial charge in [-0.15, -0.1) is 16.9 Å². The number of amides is 4. The summed E-state index contributed by atoms with van der Waals surface area (Å²) in [6.07, 6.45) is 0.943. The predicted molar refractivity (Wildman–Crippen MR) is 191 cm³/mol. The average molecular weight is 837 g/mol. The number of carboxylic acid groups (broad SMARTS) is 1. The summed E-state index contributed by atoms with van der Waals surface area (Å²) in [5.41, 5.74) is 2.35. The van der Waals surface area contributed by atoms with Gasteiger partial charge in [0, 0.05) is 31.4 Å². The zero-order valence-electron chi connectivity index (χ0n) is 29.4. The molecule has 26 heteroatoms. The number of phenols is 1. The number of methoxy groups -OCH3 is 1. The zero-order valence-corrected chi connectivity index (χ0v) is 33.8. The van der Waals surface area contributed by atoms with Gasteiger partial charge in [0.15, 0.2) is 0 Å². The van der Waals surface area contributed by atoms with Gasteiger partial charge in [-0.25, -0.2) is 28.0 Å². The molecule has 4 heterocycles. The SMILES string of the molecule is CO[C@]1(NC(=O)C(c2ccc(O)cc2)N(C(N)=O)c2cnc(Nc3ccc(S(N)(=O)=O)cc3)[nH]c2=O)C(=O)N2C(C(=O)[O-])=C(CSc3nnnn3C)CS[C@H]21.[Na+]. The Kier molecular flexibility index (Phi) is 12.5. The van der Waals surface area contributed by atoms with Gasteiger partial charge in [-0.1, -0.05) is 23.9 Å². The Morgan fingerprint density at radius 3 is 2.43 bits per heavy atom. The molecule has 8 N–H and O–H groups in total. The van der Waals surface area contributed by atoms with Gasteiger partial charge in [0.2, 0.25) is 21.1 Å². The Labute approximate surface area is 346 Å². The molecule has 1 fully saturated rings. The average Bonchev–Trinajstić information content (AvgIpc) is 3.55. The van der Waals surface area contributed by atoms with Crippen LogP contribution in [0.4, 0.5) is 22.1 Å². The number of aliphatic carboxylic acids is 1. The normalized spacial score (nSPS) is 18.2. The molecule has 288 valence electrons. The Morgan fingerprint density at radius 1 is 1.20 bits per heavy atom. The van der Waals surface area contributed by atoms with Gasteiger partial charge < -0.3 is 36.1 Å². The van der Waals surface area contributed by atoms with E-state index >= 15 is 0 Å². The second-order valence-corrected chi connectivity index (χ2v) is 15.3. The number of nitrogens with one attached hydrogen (secondary N) is 3. The van der Waals surface area contributed by atoms with E-state index in [1.165, 1.54) is 53.2 Å². The molecule has 4 aromatic rings. The molecule has 4 amide bonds. The fourth-order valence-electron chi connectivity index (χ4n) is 5.74. The van der Waals surface area contributed by atoms with Crippen LogP contribution < -0.4 is 66.6 Å². The second-order valence-electron chi connectivity index (χ2n) is 11.7. The Balaban J connectivity index is 0.00000600. The van der Waals surface area contributed by atoms with Crippen molar-refractivity contribution in [1.29, 1.82) is 0 Å². The summed E-state index contributed by atoms with van der Waals surface area (Å²) in [5.74, 6) is -3.90. The number of hydrogen-bond donors (Lipinski definition) is 6. The predicted octanol–water partition coefficient (Wildman–Crippen LogP) is -4.81. The summed E-state index contributed by atoms with van der Waals surface area (Å²) < 4.78 is 30.1. The molecule has 2 aliphatic heterocycles. The number of aromatic nitrogens is 6. The van der Waals surface area contributed by atoms with Crippen LogP contribution >= 0.6 is 23.5 Å². The molecule has 2 aliphatic rings. The van der Waals surface area contributed by atoms with Crippen LogP contribution in [-0.2, 0) is 36.2 Å². The number of aromatic amines is 1. The molecule has 1 unspecified atom stereocenters. The third kappa shape index (κ3) is 8.10. The second kappa shape index (κ2) is 16.6. The molecule has 2 aromatic heterocycles. The maximum atomic E-state index is 14.4. The Bertz CT molecular complexity index is 2400. The number of phenolic OH excluding ortho intramolecular Hbond substituents is 1. The third-order valence-corrected chi connectivity index (χ3v) is 11.7. The number of hydrogen-bond acceptors (Lipinski definition) is 17. The number of primary amides is 1. The standard InChI is InChI=1S/C30H30N12O10S3.Na/c1-40-29(37-38-39-40)54-13-15-12-53-26-30(52-2,25(48)42(26)21(15)24(46)47)36-23(45)20(14-3-7-17(43)8-4-14)41(27(31)49)19-11-33-28(35-22(19)44)34-16-5-9-18(10-6-16)55(32,50)51;/h3-11,20,26,43H,12-13H2,1-2H3,(H2,31,49)(H,36,45)(H,46,47)(H2,32,50,51)(H2,33,34,35,44);/q;+1/p-1/t20?,26-,30+;/m0./s1. The van der Waals surface area contributed by atoms with Gasteiger partial charge in [0.25, 0.3) is 23.1 Å². The number of thioether (sulfide) groups is 2. The van der Waals surface area contributed by atoms with E-state index in [-0.39, 0.29) is 63.2 Å². The van der Waals surface area contributed by atoms with Crippen LogP contribution in [0.3, 0.4) is 0 Å². The van der Waals surface area contributed by atoms with Crippen LogP contribution in [-0.4, -0.2) is 102 Å². The Morgan fingerprint density at radius 2 is 1.88 bits per heavy atom. The number of carbonyl (C=O) groups is 4. The minimum absolute atomic E-state index is 0. The molecule has 22 nitrogen and oxygen atoms in total. The van der Waals surface area contributed by atoms with Gasteiger partial charge in [-0.3, -0.25) is 29.2 Å². The summed E-state index contributed by atoms with van der Waals surface area (Å²) >= 11 is 2.22. The van der Waals surface area contributed by atoms with Crippen molar-refractivity contribution in [1.82, 2.24) is 40.4 Å². The van der Waals surface area contributed by atoms with E-state index in [9.17, 15) is 42.6 Å². The van der Waals surface area contributed by atoms with Crippen molar-refractivity contribution in [3.8, 4) is 5.75 Å². The maximum Gasteiger partial charge on any atom is 1.00 e. The molecule has 2 aromatic carbocycles. The fraction of sp³-hybridized carbons (Fsp3) is 0.233. The number of rotatable bonds is 13. The van der Waals surface area contributed by atoms with Gasteiger partial charge in [-0.05, 0) is 58.0 Å². The number of anilines is 3. The third-order valence-electron chi connectivity index (χ3n) is 8.33. The van der Waals surface area contributed by atoms with Crippen LogP contribution in [0.25, 0.3) is 0 Å². The molecule has 56 heavy (non-hydrogen) atoms. The largest absolute Gasteiger partial charge is 1.00 e. The van der Waals surface area contributed by atoms with Gasteiger partial charge in [0.05, 0.1) is 22.8 Å². The van der Waals surface area contributed by atoms with Crippen LogP contribution in [0, 0.1) is 0 Å². The number of sulfonamides is 1. The number of urea groups is 1. The number of primary sulfonamides is 1. The molecular weight excluding hydrogens is 808 g/mol. The number of nitrogens with two attached hydrogens (primary N) is 2. The number of tetrazole rings is 1. The van der Waals surface area contributed by atoms with Crippen LogP contribution in [0.5, 0.6) is 5.75 Å². The van der Waals surface area contributed by atoms with Crippen molar-refractivity contribution in [3.05, 3.63) is 81.9 Å². The summed E-state index contributed by atoms with van der Waals surface area (Å²) in [5, 5.41) is 43.2. The molecule has 6 rings (SSSR count). The molecule has 0 radical (unpaired) electrons. The van der Waals surface area contributed by atoms with E-state index in [4.69, 9.17) is 15.6 Å². The quantitative estimate of drug-likeness (QED) is 0.0318. The zero-order chi connectivity index (χ0) is 39.8. The summed E-state index contributed by atoms with van der Waals surface area (Å²) in [6.45, 7) is 0. The number of fused-ring (bicyclic) bond motifs is 1. The van der Waals surface area contributed by atoms with Crippen molar-refractivity contribution >= 4 is 74.7 Å². The van der Waals surface area contributed by atoms with E-state index < -0.39 is 67.9 Å². The fourth-order valence-corrected chi connectivity index (χ4v) is 8.68. The van der Waals surface area contributed by atoms with E-state index in [1.54, 1.807) is 7.05 Å². The number of ether oxygens (including phenoxy) is 1.